The maximum atomic E-state index is 12.5. The van der Waals surface area contributed by atoms with Gasteiger partial charge < -0.3 is 9.64 Å². The van der Waals surface area contributed by atoms with Crippen molar-refractivity contribution in [1.29, 1.82) is 0 Å². The summed E-state index contributed by atoms with van der Waals surface area (Å²) in [6.45, 7) is 2.57. The standard InChI is InChI=1S/C16H19N3O2/c1-12-6-7-14-4-2-3-5-15(14)19(12)16(20)11-21-10-13-8-17-18-9-13/h2-5,8-9,12H,6-7,10-11H2,1H3,(H,17,18). The lowest BCUT2D eigenvalue weighted by molar-refractivity contribution is -0.124. The van der Waals surface area contributed by atoms with Crippen LogP contribution >= 0.6 is 0 Å². The Bertz CT molecular complexity index is 610. The SMILES string of the molecule is CC1CCc2ccccc2N1C(=O)COCc1cn[nH]c1. The minimum Gasteiger partial charge on any atom is -0.367 e. The molecular formula is C16H19N3O2. The van der Waals surface area contributed by atoms with E-state index in [0.29, 0.717) is 6.61 Å². The zero-order valence-electron chi connectivity index (χ0n) is 12.1. The smallest absolute Gasteiger partial charge is 0.253 e. The number of hydrogen-bond donors (Lipinski definition) is 1. The van der Waals surface area contributed by atoms with Crippen molar-refractivity contribution in [3.05, 3.63) is 47.8 Å². The normalized spacial score (nSPS) is 17.6. The second-order valence-corrected chi connectivity index (χ2v) is 5.38. The Kier molecular flexibility index (Phi) is 4.01. The summed E-state index contributed by atoms with van der Waals surface area (Å²) >= 11 is 0. The van der Waals surface area contributed by atoms with Gasteiger partial charge in [-0.3, -0.25) is 9.89 Å². The van der Waals surface area contributed by atoms with Crippen molar-refractivity contribution in [2.75, 3.05) is 11.5 Å². The average molecular weight is 285 g/mol. The molecule has 3 rings (SSSR count). The minimum absolute atomic E-state index is 0.0122. The number of H-pyrrole nitrogens is 1. The van der Waals surface area contributed by atoms with Crippen LogP contribution in [0.4, 0.5) is 5.69 Å². The van der Waals surface area contributed by atoms with Gasteiger partial charge in [0.05, 0.1) is 12.8 Å². The van der Waals surface area contributed by atoms with Crippen LogP contribution in [-0.4, -0.2) is 28.8 Å². The van der Waals surface area contributed by atoms with Crippen LogP contribution in [0, 0.1) is 0 Å². The van der Waals surface area contributed by atoms with E-state index in [1.54, 1.807) is 12.4 Å². The van der Waals surface area contributed by atoms with Gasteiger partial charge in [-0.2, -0.15) is 5.10 Å². The fourth-order valence-electron chi connectivity index (χ4n) is 2.75. The first kappa shape index (κ1) is 13.8. The predicted molar refractivity (Wildman–Crippen MR) is 80.0 cm³/mol. The zero-order valence-corrected chi connectivity index (χ0v) is 12.1. The molecule has 0 spiro atoms. The lowest BCUT2D eigenvalue weighted by Gasteiger charge is -2.35. The number of fused-ring (bicyclic) bond motifs is 1. The number of hydrogen-bond acceptors (Lipinski definition) is 3. The minimum atomic E-state index is 0.0122. The molecule has 0 saturated heterocycles. The summed E-state index contributed by atoms with van der Waals surface area (Å²) in [6.07, 6.45) is 5.48. The van der Waals surface area contributed by atoms with Crippen molar-refractivity contribution in [3.63, 3.8) is 0 Å². The number of benzene rings is 1. The van der Waals surface area contributed by atoms with Crippen LogP contribution in [-0.2, 0) is 22.6 Å². The summed E-state index contributed by atoms with van der Waals surface area (Å²) in [4.78, 5) is 14.3. The molecule has 1 atom stereocenters. The number of carbonyl (C=O) groups excluding carboxylic acids is 1. The number of nitrogens with one attached hydrogen (secondary N) is 1. The molecule has 1 N–H and O–H groups in total. The van der Waals surface area contributed by atoms with E-state index in [-0.39, 0.29) is 18.6 Å². The highest BCUT2D eigenvalue weighted by Gasteiger charge is 2.27. The summed E-state index contributed by atoms with van der Waals surface area (Å²) in [5.74, 6) is 0.0122. The van der Waals surface area contributed by atoms with Crippen LogP contribution in [0.25, 0.3) is 0 Å². The maximum Gasteiger partial charge on any atom is 0.253 e. The molecule has 21 heavy (non-hydrogen) atoms. The molecule has 0 bridgehead atoms. The molecule has 0 radical (unpaired) electrons. The van der Waals surface area contributed by atoms with E-state index in [9.17, 15) is 4.79 Å². The Hall–Kier alpha value is -2.14. The second kappa shape index (κ2) is 6.10. The molecule has 2 heterocycles. The fourth-order valence-corrected chi connectivity index (χ4v) is 2.75. The first-order valence-electron chi connectivity index (χ1n) is 7.21. The first-order valence-corrected chi connectivity index (χ1v) is 7.21. The number of aromatic nitrogens is 2. The first-order chi connectivity index (χ1) is 10.3. The number of para-hydroxylation sites is 1. The number of nitrogens with zero attached hydrogens (tertiary/aromatic N) is 2. The Balaban J connectivity index is 1.66. The third kappa shape index (κ3) is 2.97. The Labute approximate surface area is 123 Å². The third-order valence-electron chi connectivity index (χ3n) is 3.84. The molecule has 1 amide bonds. The Morgan fingerprint density at radius 1 is 1.48 bits per heavy atom. The molecule has 1 aliphatic heterocycles. The van der Waals surface area contributed by atoms with Crippen molar-refractivity contribution in [1.82, 2.24) is 10.2 Å². The average Bonchev–Trinajstić information content (AvgIpc) is 3.00. The van der Waals surface area contributed by atoms with Crippen LogP contribution in [0.2, 0.25) is 0 Å². The van der Waals surface area contributed by atoms with Gasteiger partial charge in [0.2, 0.25) is 0 Å². The molecule has 0 saturated carbocycles. The number of aromatic amines is 1. The highest BCUT2D eigenvalue weighted by molar-refractivity contribution is 5.96. The summed E-state index contributed by atoms with van der Waals surface area (Å²) < 4.78 is 5.51. The summed E-state index contributed by atoms with van der Waals surface area (Å²) in [5.41, 5.74) is 3.20. The van der Waals surface area contributed by atoms with Crippen LogP contribution in [0.15, 0.2) is 36.7 Å². The molecule has 5 heteroatoms. The second-order valence-electron chi connectivity index (χ2n) is 5.38. The number of carbonyl (C=O) groups is 1. The van der Waals surface area contributed by atoms with E-state index in [1.165, 1.54) is 5.56 Å². The van der Waals surface area contributed by atoms with E-state index in [1.807, 2.05) is 23.1 Å². The van der Waals surface area contributed by atoms with Crippen molar-refractivity contribution in [2.24, 2.45) is 0 Å². The van der Waals surface area contributed by atoms with Crippen LogP contribution in [0.5, 0.6) is 0 Å². The fraction of sp³-hybridized carbons (Fsp3) is 0.375. The molecule has 0 aliphatic carbocycles. The predicted octanol–water partition coefficient (Wildman–Crippen LogP) is 2.29. The third-order valence-corrected chi connectivity index (χ3v) is 3.84. The number of amides is 1. The lowest BCUT2D eigenvalue weighted by Crippen LogP contribution is -2.43. The van der Waals surface area contributed by atoms with Gasteiger partial charge in [0.1, 0.15) is 6.61 Å². The van der Waals surface area contributed by atoms with Gasteiger partial charge in [-0.1, -0.05) is 18.2 Å². The number of aryl methyl sites for hydroxylation is 1. The molecule has 2 aromatic rings. The molecule has 110 valence electrons. The molecule has 1 aromatic carbocycles. The maximum absolute atomic E-state index is 12.5. The van der Waals surface area contributed by atoms with Gasteiger partial charge in [0, 0.05) is 23.5 Å². The van der Waals surface area contributed by atoms with E-state index in [4.69, 9.17) is 4.74 Å². The molecule has 1 aromatic heterocycles. The van der Waals surface area contributed by atoms with E-state index >= 15 is 0 Å². The van der Waals surface area contributed by atoms with Crippen molar-refractivity contribution in [3.8, 4) is 0 Å². The van der Waals surface area contributed by atoms with Gasteiger partial charge in [-0.25, -0.2) is 0 Å². The summed E-state index contributed by atoms with van der Waals surface area (Å²) in [6, 6.07) is 8.31. The molecular weight excluding hydrogens is 266 g/mol. The topological polar surface area (TPSA) is 58.2 Å². The highest BCUT2D eigenvalue weighted by atomic mass is 16.5. The number of anilines is 1. The lowest BCUT2D eigenvalue weighted by atomic mass is 9.96. The number of rotatable bonds is 4. The zero-order chi connectivity index (χ0) is 14.7. The van der Waals surface area contributed by atoms with Crippen molar-refractivity contribution in [2.45, 2.75) is 32.4 Å². The van der Waals surface area contributed by atoms with Crippen LogP contribution in [0.1, 0.15) is 24.5 Å². The van der Waals surface area contributed by atoms with Crippen LogP contribution < -0.4 is 4.90 Å². The summed E-state index contributed by atoms with van der Waals surface area (Å²) in [5, 5.41) is 6.58. The summed E-state index contributed by atoms with van der Waals surface area (Å²) in [7, 11) is 0. The van der Waals surface area contributed by atoms with Gasteiger partial charge in [0.15, 0.2) is 0 Å². The Morgan fingerprint density at radius 2 is 2.33 bits per heavy atom. The number of ether oxygens (including phenoxy) is 1. The monoisotopic (exact) mass is 285 g/mol. The van der Waals surface area contributed by atoms with Gasteiger partial charge in [-0.15, -0.1) is 0 Å². The van der Waals surface area contributed by atoms with Gasteiger partial charge in [-0.05, 0) is 31.4 Å². The Morgan fingerprint density at radius 3 is 3.14 bits per heavy atom. The molecule has 1 unspecified atom stereocenters. The highest BCUT2D eigenvalue weighted by Crippen LogP contribution is 2.30. The largest absolute Gasteiger partial charge is 0.367 e. The van der Waals surface area contributed by atoms with E-state index in [2.05, 4.69) is 23.2 Å². The van der Waals surface area contributed by atoms with E-state index < -0.39 is 0 Å². The van der Waals surface area contributed by atoms with Crippen molar-refractivity contribution >= 4 is 11.6 Å². The van der Waals surface area contributed by atoms with Gasteiger partial charge >= 0.3 is 0 Å². The van der Waals surface area contributed by atoms with Crippen LogP contribution in [0.3, 0.4) is 0 Å². The van der Waals surface area contributed by atoms with E-state index in [0.717, 1.165) is 24.1 Å². The van der Waals surface area contributed by atoms with Gasteiger partial charge in [0.25, 0.3) is 5.91 Å². The molecule has 5 nitrogen and oxygen atoms in total. The quantitative estimate of drug-likeness (QED) is 0.937. The molecule has 0 fully saturated rings. The van der Waals surface area contributed by atoms with Crippen molar-refractivity contribution < 1.29 is 9.53 Å². The molecule has 1 aliphatic rings.